The van der Waals surface area contributed by atoms with Crippen molar-refractivity contribution in [1.29, 1.82) is 0 Å². The summed E-state index contributed by atoms with van der Waals surface area (Å²) in [6.45, 7) is 0.272. The third-order valence-electron chi connectivity index (χ3n) is 6.32. The maximum Gasteiger partial charge on any atom is 0.265 e. The van der Waals surface area contributed by atoms with E-state index < -0.39 is 17.4 Å². The Labute approximate surface area is 211 Å². The lowest BCUT2D eigenvalue weighted by atomic mass is 9.87. The molecule has 0 saturated carbocycles. The van der Waals surface area contributed by atoms with Gasteiger partial charge >= 0.3 is 0 Å². The van der Waals surface area contributed by atoms with Crippen molar-refractivity contribution in [3.8, 4) is 17.4 Å². The summed E-state index contributed by atoms with van der Waals surface area (Å²) >= 11 is 0. The topological polar surface area (TPSA) is 137 Å². The van der Waals surface area contributed by atoms with E-state index in [1.54, 1.807) is 42.7 Å². The van der Waals surface area contributed by atoms with Gasteiger partial charge in [-0.1, -0.05) is 30.3 Å². The number of benzene rings is 2. The van der Waals surface area contributed by atoms with Gasteiger partial charge in [0.05, 0.1) is 11.1 Å². The van der Waals surface area contributed by atoms with E-state index in [1.165, 1.54) is 16.5 Å². The molecule has 3 heterocycles. The van der Waals surface area contributed by atoms with Crippen molar-refractivity contribution < 1.29 is 20.1 Å². The highest BCUT2D eigenvalue weighted by Crippen LogP contribution is 2.34. The molecule has 1 atom stereocenters. The van der Waals surface area contributed by atoms with Crippen LogP contribution in [0.1, 0.15) is 29.0 Å². The minimum Gasteiger partial charge on any atom is -0.504 e. The van der Waals surface area contributed by atoms with Gasteiger partial charge in [0.1, 0.15) is 5.65 Å². The molecule has 4 N–H and O–H groups in total. The van der Waals surface area contributed by atoms with Gasteiger partial charge in [-0.25, -0.2) is 0 Å². The fraction of sp³-hybridized carbons (Fsp3) is 0.143. The number of hydrogen-bond acceptors (Lipinski definition) is 7. The molecule has 0 saturated heterocycles. The third-order valence-corrected chi connectivity index (χ3v) is 6.32. The van der Waals surface area contributed by atoms with Crippen molar-refractivity contribution in [3.63, 3.8) is 0 Å². The Kier molecular flexibility index (Phi) is 6.42. The highest BCUT2D eigenvalue weighted by atomic mass is 16.3. The van der Waals surface area contributed by atoms with E-state index in [-0.39, 0.29) is 35.9 Å². The molecular weight excluding hydrogens is 472 g/mol. The maximum atomic E-state index is 13.5. The van der Waals surface area contributed by atoms with Crippen molar-refractivity contribution in [2.45, 2.75) is 18.8 Å². The molecule has 5 aromatic rings. The Morgan fingerprint density at radius 3 is 2.62 bits per heavy atom. The molecule has 37 heavy (non-hydrogen) atoms. The first kappa shape index (κ1) is 23.8. The van der Waals surface area contributed by atoms with Crippen molar-refractivity contribution in [2.24, 2.45) is 0 Å². The standard InChI is InChI=1S/C28H24N4O5/c33-22-9-8-17(15-23(22)34)10-12-30-25(35)16-20(18-11-13-29-21-6-2-1-5-19(18)21)26-27(36)31-24-7-3-4-14-32(24)28(26)37/h1-9,11,13-15,20,33-34,36H,10,12,16H2,(H,30,35)/t20-/m0/s1. The summed E-state index contributed by atoms with van der Waals surface area (Å²) < 4.78 is 1.35. The zero-order chi connectivity index (χ0) is 25.9. The van der Waals surface area contributed by atoms with Crippen LogP contribution in [0.15, 0.2) is 83.9 Å². The molecule has 0 bridgehead atoms. The minimum absolute atomic E-state index is 0.0265. The molecule has 0 spiro atoms. The molecular formula is C28H24N4O5. The van der Waals surface area contributed by atoms with Crippen LogP contribution in [-0.4, -0.2) is 42.1 Å². The predicted molar refractivity (Wildman–Crippen MR) is 138 cm³/mol. The van der Waals surface area contributed by atoms with Gasteiger partial charge < -0.3 is 20.6 Å². The predicted octanol–water partition coefficient (Wildman–Crippen LogP) is 3.24. The lowest BCUT2D eigenvalue weighted by Crippen LogP contribution is -2.30. The van der Waals surface area contributed by atoms with E-state index >= 15 is 0 Å². The fourth-order valence-electron chi connectivity index (χ4n) is 4.51. The number of aromatic nitrogens is 3. The van der Waals surface area contributed by atoms with E-state index in [1.807, 2.05) is 24.3 Å². The molecule has 0 radical (unpaired) electrons. The van der Waals surface area contributed by atoms with Crippen LogP contribution < -0.4 is 10.9 Å². The summed E-state index contributed by atoms with van der Waals surface area (Å²) in [6.07, 6.45) is 3.50. The van der Waals surface area contributed by atoms with E-state index in [0.717, 1.165) is 10.9 Å². The third kappa shape index (κ3) is 4.79. The minimum atomic E-state index is -0.789. The van der Waals surface area contributed by atoms with Crippen molar-refractivity contribution in [2.75, 3.05) is 6.54 Å². The number of pyridine rings is 2. The van der Waals surface area contributed by atoms with Crippen LogP contribution in [0.5, 0.6) is 17.4 Å². The number of para-hydroxylation sites is 1. The first-order chi connectivity index (χ1) is 17.9. The van der Waals surface area contributed by atoms with Crippen LogP contribution in [0.2, 0.25) is 0 Å². The lowest BCUT2D eigenvalue weighted by molar-refractivity contribution is -0.121. The number of phenols is 2. The highest BCUT2D eigenvalue weighted by Gasteiger charge is 2.28. The lowest BCUT2D eigenvalue weighted by Gasteiger charge is -2.20. The Morgan fingerprint density at radius 1 is 0.973 bits per heavy atom. The van der Waals surface area contributed by atoms with Gasteiger partial charge in [-0.2, -0.15) is 4.98 Å². The Bertz CT molecular complexity index is 1680. The average Bonchev–Trinajstić information content (AvgIpc) is 2.90. The van der Waals surface area contributed by atoms with Gasteiger partial charge in [0.25, 0.3) is 5.56 Å². The summed E-state index contributed by atoms with van der Waals surface area (Å²) in [4.78, 5) is 35.2. The van der Waals surface area contributed by atoms with Crippen LogP contribution in [0, 0.1) is 0 Å². The summed E-state index contributed by atoms with van der Waals surface area (Å²) in [7, 11) is 0. The number of carbonyl (C=O) groups excluding carboxylic acids is 1. The molecule has 9 nitrogen and oxygen atoms in total. The number of phenolic OH excluding ortho intramolecular Hbond substituents is 2. The van der Waals surface area contributed by atoms with Crippen LogP contribution in [0.3, 0.4) is 0 Å². The molecule has 3 aromatic heterocycles. The second-order valence-electron chi connectivity index (χ2n) is 8.68. The van der Waals surface area contributed by atoms with Crippen molar-refractivity contribution in [3.05, 3.63) is 106 Å². The van der Waals surface area contributed by atoms with Crippen LogP contribution in [0.4, 0.5) is 0 Å². The molecule has 0 unspecified atom stereocenters. The van der Waals surface area contributed by atoms with Gasteiger partial charge in [-0.05, 0) is 53.9 Å². The number of amides is 1. The number of rotatable bonds is 7. The number of nitrogens with zero attached hydrogens (tertiary/aromatic N) is 3. The van der Waals surface area contributed by atoms with E-state index in [4.69, 9.17) is 0 Å². The molecule has 0 aliphatic heterocycles. The van der Waals surface area contributed by atoms with E-state index in [9.17, 15) is 24.9 Å². The first-order valence-corrected chi connectivity index (χ1v) is 11.7. The molecule has 2 aromatic carbocycles. The number of nitrogens with one attached hydrogen (secondary N) is 1. The molecule has 5 rings (SSSR count). The zero-order valence-corrected chi connectivity index (χ0v) is 19.7. The first-order valence-electron chi connectivity index (χ1n) is 11.7. The summed E-state index contributed by atoms with van der Waals surface area (Å²) in [5, 5.41) is 33.6. The quantitative estimate of drug-likeness (QED) is 0.254. The van der Waals surface area contributed by atoms with Gasteiger partial charge in [-0.15, -0.1) is 0 Å². The second kappa shape index (κ2) is 9.98. The average molecular weight is 497 g/mol. The van der Waals surface area contributed by atoms with E-state index in [2.05, 4.69) is 15.3 Å². The van der Waals surface area contributed by atoms with Gasteiger partial charge in [-0.3, -0.25) is 19.0 Å². The molecule has 0 aliphatic rings. The Hall–Kier alpha value is -4.92. The number of fused-ring (bicyclic) bond motifs is 2. The summed E-state index contributed by atoms with van der Waals surface area (Å²) in [5.74, 6) is -1.98. The second-order valence-corrected chi connectivity index (χ2v) is 8.68. The molecule has 186 valence electrons. The van der Waals surface area contributed by atoms with Crippen LogP contribution in [0.25, 0.3) is 16.6 Å². The van der Waals surface area contributed by atoms with Gasteiger partial charge in [0.15, 0.2) is 11.5 Å². The normalized spacial score (nSPS) is 12.0. The maximum absolute atomic E-state index is 13.5. The van der Waals surface area contributed by atoms with Gasteiger partial charge in [0.2, 0.25) is 11.8 Å². The number of carbonyl (C=O) groups is 1. The molecule has 0 fully saturated rings. The largest absolute Gasteiger partial charge is 0.504 e. The number of aromatic hydroxyl groups is 3. The Balaban J connectivity index is 1.49. The van der Waals surface area contributed by atoms with Crippen molar-refractivity contribution >= 4 is 22.5 Å². The molecule has 1 amide bonds. The van der Waals surface area contributed by atoms with Crippen molar-refractivity contribution in [1.82, 2.24) is 19.7 Å². The van der Waals surface area contributed by atoms with E-state index in [0.29, 0.717) is 23.1 Å². The SMILES string of the molecule is O=C(C[C@H](c1c(O)nc2ccccn2c1=O)c1ccnc2ccccc12)NCCc1ccc(O)c(O)c1. The summed E-state index contributed by atoms with van der Waals surface area (Å²) in [5.41, 5.74) is 1.98. The summed E-state index contributed by atoms with van der Waals surface area (Å²) in [6, 6.07) is 18.7. The van der Waals surface area contributed by atoms with Crippen LogP contribution in [-0.2, 0) is 11.2 Å². The number of hydrogen-bond donors (Lipinski definition) is 4. The Morgan fingerprint density at radius 2 is 1.78 bits per heavy atom. The van der Waals surface area contributed by atoms with Gasteiger partial charge in [0, 0.05) is 36.7 Å². The van der Waals surface area contributed by atoms with Crippen LogP contribution >= 0.6 is 0 Å². The smallest absolute Gasteiger partial charge is 0.265 e. The fourth-order valence-corrected chi connectivity index (χ4v) is 4.51. The monoisotopic (exact) mass is 496 g/mol. The molecule has 9 heteroatoms. The highest BCUT2D eigenvalue weighted by molar-refractivity contribution is 5.85. The zero-order valence-electron chi connectivity index (χ0n) is 19.7. The molecule has 0 aliphatic carbocycles.